The molecule has 0 aliphatic heterocycles. The molecule has 2 N–H and O–H groups in total. The Hall–Kier alpha value is -0.990. The van der Waals surface area contributed by atoms with E-state index in [1.807, 2.05) is 0 Å². The van der Waals surface area contributed by atoms with Gasteiger partial charge in [-0.15, -0.1) is 0 Å². The normalized spacial score (nSPS) is 11.1. The number of hydrogen-bond acceptors (Lipinski definition) is 3. The third-order valence-electron chi connectivity index (χ3n) is 1.53. The van der Waals surface area contributed by atoms with Gasteiger partial charge in [0.1, 0.15) is 5.75 Å². The minimum absolute atomic E-state index is 0.131. The summed E-state index contributed by atoms with van der Waals surface area (Å²) in [6, 6.07) is 4.40. The Morgan fingerprint density at radius 2 is 2.07 bits per heavy atom. The fourth-order valence-corrected chi connectivity index (χ4v) is 1.82. The zero-order valence-corrected chi connectivity index (χ0v) is 10.0. The molecule has 6 heteroatoms. The Kier molecular flexibility index (Phi) is 3.42. The molecule has 1 aromatic rings. The van der Waals surface area contributed by atoms with E-state index in [1.54, 1.807) is 6.07 Å². The van der Waals surface area contributed by atoms with Crippen molar-refractivity contribution in [2.75, 3.05) is 13.3 Å². The monoisotopic (exact) mass is 247 g/mol. The highest BCUT2D eigenvalue weighted by Gasteiger charge is 2.15. The molecule has 0 radical (unpaired) electrons. The van der Waals surface area contributed by atoms with Gasteiger partial charge in [-0.3, -0.25) is 9.36 Å². The van der Waals surface area contributed by atoms with Gasteiger partial charge in [-0.2, -0.15) is 0 Å². The number of nitrogens with two attached hydrogens (primary N) is 1. The van der Waals surface area contributed by atoms with Gasteiger partial charge in [-0.05, 0) is 18.2 Å². The van der Waals surface area contributed by atoms with Gasteiger partial charge < -0.3 is 10.3 Å². The fraction of sp³-hybridized carbons (Fsp3) is 0.222. The first kappa shape index (κ1) is 12.1. The van der Waals surface area contributed by atoms with Crippen LogP contribution in [0.4, 0.5) is 0 Å². The summed E-state index contributed by atoms with van der Waals surface area (Å²) in [5.74, 6) is -0.471. The number of rotatable bonds is 3. The number of halogens is 1. The molecule has 0 spiro atoms. The van der Waals surface area contributed by atoms with Crippen LogP contribution in [-0.4, -0.2) is 19.2 Å². The lowest BCUT2D eigenvalue weighted by Gasteiger charge is -2.12. The van der Waals surface area contributed by atoms with E-state index in [2.05, 4.69) is 0 Å². The van der Waals surface area contributed by atoms with E-state index < -0.39 is 13.3 Å². The molecule has 1 amide bonds. The number of carbonyl (C=O) groups is 1. The van der Waals surface area contributed by atoms with Crippen molar-refractivity contribution in [1.82, 2.24) is 0 Å². The third-order valence-corrected chi connectivity index (χ3v) is 2.40. The molecule has 0 bridgehead atoms. The molecule has 1 aromatic carbocycles. The van der Waals surface area contributed by atoms with Crippen molar-refractivity contribution in [2.45, 2.75) is 0 Å². The van der Waals surface area contributed by atoms with Gasteiger partial charge in [0, 0.05) is 18.4 Å². The van der Waals surface area contributed by atoms with E-state index in [-0.39, 0.29) is 11.3 Å². The third kappa shape index (κ3) is 3.57. The summed E-state index contributed by atoms with van der Waals surface area (Å²) >= 11 is 5.70. The molecule has 0 saturated carbocycles. The highest BCUT2D eigenvalue weighted by Crippen LogP contribution is 2.40. The minimum Gasteiger partial charge on any atom is -0.442 e. The van der Waals surface area contributed by atoms with Crippen LogP contribution in [0.25, 0.3) is 0 Å². The zero-order valence-electron chi connectivity index (χ0n) is 8.36. The van der Waals surface area contributed by atoms with Crippen LogP contribution < -0.4 is 10.3 Å². The maximum absolute atomic E-state index is 11.4. The Bertz CT molecular complexity index is 441. The number of hydrogen-bond donors (Lipinski definition) is 1. The van der Waals surface area contributed by atoms with Crippen LogP contribution in [0.1, 0.15) is 10.4 Å². The van der Waals surface area contributed by atoms with Crippen LogP contribution in [-0.2, 0) is 4.57 Å². The highest BCUT2D eigenvalue weighted by molar-refractivity contribution is 7.57. The van der Waals surface area contributed by atoms with Gasteiger partial charge in [-0.1, -0.05) is 11.6 Å². The lowest BCUT2D eigenvalue weighted by molar-refractivity contribution is 0.0999. The van der Waals surface area contributed by atoms with Gasteiger partial charge in [0.25, 0.3) is 5.91 Å². The molecular weight excluding hydrogens is 237 g/mol. The average molecular weight is 248 g/mol. The first-order chi connectivity index (χ1) is 6.79. The molecule has 0 aromatic heterocycles. The summed E-state index contributed by atoms with van der Waals surface area (Å²) in [6.07, 6.45) is 0. The lowest BCUT2D eigenvalue weighted by atomic mass is 10.2. The van der Waals surface area contributed by atoms with Gasteiger partial charge in [0.05, 0.1) is 5.56 Å². The van der Waals surface area contributed by atoms with Gasteiger partial charge in [0.2, 0.25) is 7.37 Å². The van der Waals surface area contributed by atoms with Crippen molar-refractivity contribution >= 4 is 24.9 Å². The average Bonchev–Trinajstić information content (AvgIpc) is 2.05. The van der Waals surface area contributed by atoms with Crippen molar-refractivity contribution < 1.29 is 13.9 Å². The largest absolute Gasteiger partial charge is 0.442 e. The summed E-state index contributed by atoms with van der Waals surface area (Å²) in [7, 11) is -2.72. The number of amides is 1. The molecule has 0 saturated heterocycles. The smallest absolute Gasteiger partial charge is 0.252 e. The minimum atomic E-state index is -2.72. The van der Waals surface area contributed by atoms with Crippen molar-refractivity contribution in [2.24, 2.45) is 5.73 Å². The molecule has 0 atom stereocenters. The van der Waals surface area contributed by atoms with E-state index in [0.29, 0.717) is 5.02 Å². The van der Waals surface area contributed by atoms with E-state index in [0.717, 1.165) is 0 Å². The van der Waals surface area contributed by atoms with Crippen LogP contribution >= 0.6 is 19.0 Å². The molecule has 0 fully saturated rings. The van der Waals surface area contributed by atoms with Gasteiger partial charge in [-0.25, -0.2) is 0 Å². The molecule has 0 aliphatic rings. The van der Waals surface area contributed by atoms with Crippen molar-refractivity contribution in [3.05, 3.63) is 28.8 Å². The molecule has 0 aliphatic carbocycles. The standard InChI is InChI=1S/C9H11ClNO3P/c1-15(2,13)14-8-4-3-6(10)5-7(8)9(11)12/h3-5H,1-2H3,(H2,11,12). The number of carbonyl (C=O) groups excluding carboxylic acids is 1. The summed E-state index contributed by atoms with van der Waals surface area (Å²) in [6.45, 7) is 2.90. The van der Waals surface area contributed by atoms with Crippen molar-refractivity contribution in [3.8, 4) is 5.75 Å². The Morgan fingerprint density at radius 1 is 1.47 bits per heavy atom. The summed E-state index contributed by atoms with van der Waals surface area (Å²) < 4.78 is 16.6. The van der Waals surface area contributed by atoms with Crippen LogP contribution in [0.5, 0.6) is 5.75 Å². The predicted octanol–water partition coefficient (Wildman–Crippen LogP) is 2.36. The molecule has 1 rings (SSSR count). The van der Waals surface area contributed by atoms with Crippen LogP contribution in [0.2, 0.25) is 5.02 Å². The van der Waals surface area contributed by atoms with Gasteiger partial charge >= 0.3 is 0 Å². The van der Waals surface area contributed by atoms with E-state index >= 15 is 0 Å². The van der Waals surface area contributed by atoms with Crippen LogP contribution in [0.15, 0.2) is 18.2 Å². The SMILES string of the molecule is CP(C)(=O)Oc1ccc(Cl)cc1C(N)=O. The second-order valence-electron chi connectivity index (χ2n) is 3.35. The van der Waals surface area contributed by atoms with Crippen LogP contribution in [0, 0.1) is 0 Å². The first-order valence-corrected chi connectivity index (χ1v) is 7.03. The Balaban J connectivity index is 3.18. The zero-order chi connectivity index (χ0) is 11.6. The molecular formula is C9H11ClNO3P. The van der Waals surface area contributed by atoms with Crippen LogP contribution in [0.3, 0.4) is 0 Å². The predicted molar refractivity (Wildman–Crippen MR) is 60.1 cm³/mol. The van der Waals surface area contributed by atoms with Crippen molar-refractivity contribution in [1.29, 1.82) is 0 Å². The van der Waals surface area contributed by atoms with E-state index in [1.165, 1.54) is 25.5 Å². The molecule has 82 valence electrons. The Morgan fingerprint density at radius 3 is 2.53 bits per heavy atom. The molecule has 0 unspecified atom stereocenters. The highest BCUT2D eigenvalue weighted by atomic mass is 35.5. The Labute approximate surface area is 92.8 Å². The fourth-order valence-electron chi connectivity index (χ4n) is 1.01. The molecule has 15 heavy (non-hydrogen) atoms. The maximum Gasteiger partial charge on any atom is 0.252 e. The van der Waals surface area contributed by atoms with Gasteiger partial charge in [0.15, 0.2) is 0 Å². The number of benzene rings is 1. The van der Waals surface area contributed by atoms with E-state index in [9.17, 15) is 9.36 Å². The summed E-state index contributed by atoms with van der Waals surface area (Å²) in [5, 5.41) is 0.373. The lowest BCUT2D eigenvalue weighted by Crippen LogP contribution is -2.12. The molecule has 0 heterocycles. The van der Waals surface area contributed by atoms with E-state index in [4.69, 9.17) is 21.9 Å². The summed E-state index contributed by atoms with van der Waals surface area (Å²) in [4.78, 5) is 11.1. The summed E-state index contributed by atoms with van der Waals surface area (Å²) in [5.41, 5.74) is 5.27. The van der Waals surface area contributed by atoms with Crippen molar-refractivity contribution in [3.63, 3.8) is 0 Å². The topological polar surface area (TPSA) is 69.4 Å². The maximum atomic E-state index is 11.4. The first-order valence-electron chi connectivity index (χ1n) is 4.13. The molecule has 4 nitrogen and oxygen atoms in total. The number of primary amides is 1. The quantitative estimate of drug-likeness (QED) is 0.834. The second-order valence-corrected chi connectivity index (χ2v) is 6.47. The second kappa shape index (κ2) is 4.25.